The van der Waals surface area contributed by atoms with Crippen molar-refractivity contribution in [3.8, 4) is 0 Å². The van der Waals surface area contributed by atoms with E-state index in [1.165, 1.54) is 7.11 Å². The number of rotatable bonds is 3. The molecule has 0 aromatic heterocycles. The number of carbonyl (C=O) groups is 1. The number of ether oxygens (including phenoxy) is 1. The molecule has 0 N–H and O–H groups in total. The fourth-order valence-corrected chi connectivity index (χ4v) is 1.83. The van der Waals surface area contributed by atoms with E-state index in [9.17, 15) is 4.79 Å². The van der Waals surface area contributed by atoms with Crippen molar-refractivity contribution in [2.24, 2.45) is 0 Å². The summed E-state index contributed by atoms with van der Waals surface area (Å²) < 4.78 is 4.64. The average molecular weight is 213 g/mol. The van der Waals surface area contributed by atoms with E-state index in [0.717, 1.165) is 25.1 Å². The van der Waals surface area contributed by atoms with Crippen molar-refractivity contribution in [2.75, 3.05) is 13.7 Å². The summed E-state index contributed by atoms with van der Waals surface area (Å²) in [5.41, 5.74) is 1.05. The van der Waals surface area contributed by atoms with E-state index in [1.807, 2.05) is 20.8 Å². The molecule has 0 amide bonds. The van der Waals surface area contributed by atoms with Crippen LogP contribution in [0, 0.1) is 0 Å². The summed E-state index contributed by atoms with van der Waals surface area (Å²) in [6.07, 6.45) is 2.71. The van der Waals surface area contributed by atoms with E-state index in [0.29, 0.717) is 12.5 Å². The third-order valence-corrected chi connectivity index (χ3v) is 2.50. The maximum absolute atomic E-state index is 11.1. The zero-order valence-electron chi connectivity index (χ0n) is 10.4. The highest BCUT2D eigenvalue weighted by Gasteiger charge is 2.26. The largest absolute Gasteiger partial charge is 0.469 e. The predicted octanol–water partition coefficient (Wildman–Crippen LogP) is 2.57. The van der Waals surface area contributed by atoms with Gasteiger partial charge in [0.05, 0.1) is 13.5 Å². The molecule has 15 heavy (non-hydrogen) atoms. The second kappa shape index (κ2) is 7.32. The Labute approximate surface area is 93.1 Å². The number of carbonyl (C=O) groups excluding carboxylic acids is 1. The van der Waals surface area contributed by atoms with Crippen molar-refractivity contribution in [1.29, 1.82) is 0 Å². The molecule has 1 fully saturated rings. The van der Waals surface area contributed by atoms with Crippen molar-refractivity contribution >= 4 is 5.97 Å². The molecule has 88 valence electrons. The van der Waals surface area contributed by atoms with Gasteiger partial charge in [0, 0.05) is 18.3 Å². The van der Waals surface area contributed by atoms with Crippen LogP contribution in [0.15, 0.2) is 12.3 Å². The molecule has 0 aliphatic carbocycles. The van der Waals surface area contributed by atoms with Crippen LogP contribution in [-0.4, -0.2) is 30.6 Å². The molecule has 1 aliphatic heterocycles. The van der Waals surface area contributed by atoms with Crippen molar-refractivity contribution in [3.63, 3.8) is 0 Å². The first-order valence-corrected chi connectivity index (χ1v) is 5.64. The van der Waals surface area contributed by atoms with Crippen molar-refractivity contribution in [2.45, 2.75) is 46.1 Å². The summed E-state index contributed by atoms with van der Waals surface area (Å²) in [4.78, 5) is 13.2. The molecule has 0 radical (unpaired) electrons. The highest BCUT2D eigenvalue weighted by Crippen LogP contribution is 2.23. The molecule has 0 saturated carbocycles. The lowest BCUT2D eigenvalue weighted by Crippen LogP contribution is -2.29. The van der Waals surface area contributed by atoms with Gasteiger partial charge in [-0.25, -0.2) is 0 Å². The highest BCUT2D eigenvalue weighted by atomic mass is 16.5. The van der Waals surface area contributed by atoms with Gasteiger partial charge in [-0.2, -0.15) is 0 Å². The average Bonchev–Trinajstić information content (AvgIpc) is 2.69. The second-order valence-corrected chi connectivity index (χ2v) is 3.50. The molecular weight excluding hydrogens is 190 g/mol. The van der Waals surface area contributed by atoms with Crippen LogP contribution in [0.5, 0.6) is 0 Å². The molecule has 3 heteroatoms. The maximum atomic E-state index is 11.1. The second-order valence-electron chi connectivity index (χ2n) is 3.50. The lowest BCUT2D eigenvalue weighted by atomic mass is 10.1. The van der Waals surface area contributed by atoms with E-state index >= 15 is 0 Å². The van der Waals surface area contributed by atoms with E-state index in [1.54, 1.807) is 0 Å². The molecule has 0 aromatic rings. The van der Waals surface area contributed by atoms with E-state index in [-0.39, 0.29) is 5.97 Å². The van der Waals surface area contributed by atoms with Crippen LogP contribution in [0.2, 0.25) is 0 Å². The minimum atomic E-state index is -0.127. The van der Waals surface area contributed by atoms with Crippen molar-refractivity contribution in [1.82, 2.24) is 4.90 Å². The fraction of sp³-hybridized carbons (Fsp3) is 0.750. The number of esters is 1. The summed E-state index contributed by atoms with van der Waals surface area (Å²) in [5, 5.41) is 0. The molecule has 1 heterocycles. The first kappa shape index (κ1) is 14.0. The Morgan fingerprint density at radius 1 is 1.53 bits per heavy atom. The Balaban J connectivity index is 0.000000921. The van der Waals surface area contributed by atoms with Crippen LogP contribution in [0.1, 0.15) is 40.0 Å². The Kier molecular flexibility index (Phi) is 6.84. The Hall–Kier alpha value is -0.990. The molecule has 3 nitrogen and oxygen atoms in total. The molecule has 0 unspecified atom stereocenters. The van der Waals surface area contributed by atoms with Crippen LogP contribution in [0.25, 0.3) is 0 Å². The molecule has 0 aromatic carbocycles. The van der Waals surface area contributed by atoms with Crippen LogP contribution < -0.4 is 0 Å². The first-order valence-electron chi connectivity index (χ1n) is 5.64. The molecule has 1 aliphatic rings. The zero-order chi connectivity index (χ0) is 11.8. The lowest BCUT2D eigenvalue weighted by molar-refractivity contribution is -0.141. The van der Waals surface area contributed by atoms with Gasteiger partial charge < -0.3 is 9.64 Å². The standard InChI is InChI=1S/C10H17NO2.C2H6/c1-8(2)11-6-4-5-9(11)7-10(12)13-3;1-2/h9H,1,4-7H2,2-3H3;1-2H3/t9-;/m1./s1. The monoisotopic (exact) mass is 213 g/mol. The number of allylic oxidation sites excluding steroid dienone is 1. The first-order chi connectivity index (χ1) is 7.15. The molecule has 1 atom stereocenters. The van der Waals surface area contributed by atoms with Crippen molar-refractivity contribution < 1.29 is 9.53 Å². The zero-order valence-corrected chi connectivity index (χ0v) is 10.4. The lowest BCUT2D eigenvalue weighted by Gasteiger charge is -2.25. The molecule has 1 saturated heterocycles. The van der Waals surface area contributed by atoms with Gasteiger partial charge in [0.1, 0.15) is 0 Å². The fourth-order valence-electron chi connectivity index (χ4n) is 1.83. The van der Waals surface area contributed by atoms with Gasteiger partial charge >= 0.3 is 5.97 Å². The third kappa shape index (κ3) is 4.36. The predicted molar refractivity (Wildman–Crippen MR) is 62.5 cm³/mol. The summed E-state index contributed by atoms with van der Waals surface area (Å²) in [6.45, 7) is 10.9. The SMILES string of the molecule is C=C(C)N1CCC[C@@H]1CC(=O)OC.CC. The van der Waals surface area contributed by atoms with Gasteiger partial charge in [-0.3, -0.25) is 4.79 Å². The van der Waals surface area contributed by atoms with Gasteiger partial charge in [-0.1, -0.05) is 20.4 Å². The number of hydrogen-bond acceptors (Lipinski definition) is 3. The number of nitrogens with zero attached hydrogens (tertiary/aromatic N) is 1. The van der Waals surface area contributed by atoms with Gasteiger partial charge in [-0.15, -0.1) is 0 Å². The van der Waals surface area contributed by atoms with Gasteiger partial charge in [0.25, 0.3) is 0 Å². The summed E-state index contributed by atoms with van der Waals surface area (Å²) in [5.74, 6) is -0.127. The maximum Gasteiger partial charge on any atom is 0.307 e. The quantitative estimate of drug-likeness (QED) is 0.675. The van der Waals surface area contributed by atoms with E-state index in [4.69, 9.17) is 0 Å². The van der Waals surface area contributed by atoms with Crippen molar-refractivity contribution in [3.05, 3.63) is 12.3 Å². The van der Waals surface area contributed by atoms with Gasteiger partial charge in [-0.05, 0) is 19.8 Å². The number of likely N-dealkylation sites (tertiary alicyclic amines) is 1. The number of hydrogen-bond donors (Lipinski definition) is 0. The minimum Gasteiger partial charge on any atom is -0.469 e. The third-order valence-electron chi connectivity index (χ3n) is 2.50. The van der Waals surface area contributed by atoms with Gasteiger partial charge in [0.15, 0.2) is 0 Å². The highest BCUT2D eigenvalue weighted by molar-refractivity contribution is 5.70. The molecule has 0 spiro atoms. The molecular formula is C12H23NO2. The smallest absolute Gasteiger partial charge is 0.307 e. The summed E-state index contributed by atoms with van der Waals surface area (Å²) in [6, 6.07) is 0.310. The summed E-state index contributed by atoms with van der Waals surface area (Å²) >= 11 is 0. The molecule has 1 rings (SSSR count). The van der Waals surface area contributed by atoms with Crippen LogP contribution in [-0.2, 0) is 9.53 Å². The van der Waals surface area contributed by atoms with E-state index in [2.05, 4.69) is 16.2 Å². The topological polar surface area (TPSA) is 29.5 Å². The Bertz CT molecular complexity index is 214. The Morgan fingerprint density at radius 2 is 2.13 bits per heavy atom. The van der Waals surface area contributed by atoms with Gasteiger partial charge in [0.2, 0.25) is 0 Å². The summed E-state index contributed by atoms with van der Waals surface area (Å²) in [7, 11) is 1.43. The Morgan fingerprint density at radius 3 is 2.60 bits per heavy atom. The van der Waals surface area contributed by atoms with Crippen LogP contribution >= 0.6 is 0 Å². The minimum absolute atomic E-state index is 0.127. The normalized spacial score (nSPS) is 19.2. The number of methoxy groups -OCH3 is 1. The van der Waals surface area contributed by atoms with Crippen LogP contribution in [0.4, 0.5) is 0 Å². The molecule has 0 bridgehead atoms. The van der Waals surface area contributed by atoms with E-state index < -0.39 is 0 Å². The van der Waals surface area contributed by atoms with Crippen LogP contribution in [0.3, 0.4) is 0 Å².